The van der Waals surface area contributed by atoms with Gasteiger partial charge in [0.15, 0.2) is 0 Å². The number of carbonyl (C=O) groups is 2. The van der Waals surface area contributed by atoms with Gasteiger partial charge in [0.05, 0.1) is 20.8 Å². The molecule has 4 rings (SSSR count). The Bertz CT molecular complexity index is 1010. The molecule has 1 atom stereocenters. The molecule has 27 heavy (non-hydrogen) atoms. The van der Waals surface area contributed by atoms with Crippen molar-refractivity contribution in [1.29, 1.82) is 0 Å². The fraction of sp³-hybridized carbons (Fsp3) is 0.286. The minimum atomic E-state index is -0.922. The SMILES string of the molecule is Cc1nc2cc(C(=O)N3CCC[C@H](c4ccc(C(=O)O)cc4)C3)ccc2s1. The lowest BCUT2D eigenvalue weighted by atomic mass is 9.90. The van der Waals surface area contributed by atoms with Crippen LogP contribution < -0.4 is 0 Å². The molecule has 0 bridgehead atoms. The van der Waals surface area contributed by atoms with Crippen LogP contribution in [-0.4, -0.2) is 40.0 Å². The third-order valence-corrected chi connectivity index (χ3v) is 6.03. The zero-order valence-corrected chi connectivity index (χ0v) is 15.8. The number of nitrogens with zero attached hydrogens (tertiary/aromatic N) is 2. The first-order valence-electron chi connectivity index (χ1n) is 9.01. The molecule has 1 aliphatic heterocycles. The largest absolute Gasteiger partial charge is 0.478 e. The summed E-state index contributed by atoms with van der Waals surface area (Å²) in [5.74, 6) is -0.653. The van der Waals surface area contributed by atoms with E-state index in [1.54, 1.807) is 23.5 Å². The van der Waals surface area contributed by atoms with Crippen LogP contribution in [-0.2, 0) is 0 Å². The molecule has 2 aromatic carbocycles. The summed E-state index contributed by atoms with van der Waals surface area (Å²) in [7, 11) is 0. The van der Waals surface area contributed by atoms with E-state index in [1.165, 1.54) is 0 Å². The number of amides is 1. The number of thiazole rings is 1. The second kappa shape index (κ2) is 7.12. The lowest BCUT2D eigenvalue weighted by molar-refractivity contribution is 0.0693. The third kappa shape index (κ3) is 3.57. The van der Waals surface area contributed by atoms with Crippen molar-refractivity contribution in [3.05, 3.63) is 64.2 Å². The maximum absolute atomic E-state index is 13.0. The van der Waals surface area contributed by atoms with E-state index in [-0.39, 0.29) is 17.4 Å². The highest BCUT2D eigenvalue weighted by Gasteiger charge is 2.26. The Labute approximate surface area is 161 Å². The van der Waals surface area contributed by atoms with Crippen molar-refractivity contribution in [2.45, 2.75) is 25.7 Å². The van der Waals surface area contributed by atoms with Gasteiger partial charge in [-0.25, -0.2) is 9.78 Å². The van der Waals surface area contributed by atoms with Crippen LogP contribution in [0.25, 0.3) is 10.2 Å². The minimum Gasteiger partial charge on any atom is -0.478 e. The number of fused-ring (bicyclic) bond motifs is 1. The number of hydrogen-bond acceptors (Lipinski definition) is 4. The van der Waals surface area contributed by atoms with Gasteiger partial charge < -0.3 is 10.0 Å². The van der Waals surface area contributed by atoms with Gasteiger partial charge in [-0.2, -0.15) is 0 Å². The fourth-order valence-corrected chi connectivity index (χ4v) is 4.50. The van der Waals surface area contributed by atoms with E-state index in [0.29, 0.717) is 12.1 Å². The van der Waals surface area contributed by atoms with Crippen molar-refractivity contribution in [2.75, 3.05) is 13.1 Å². The van der Waals surface area contributed by atoms with Gasteiger partial charge in [-0.15, -0.1) is 11.3 Å². The molecule has 1 aliphatic rings. The minimum absolute atomic E-state index is 0.0365. The van der Waals surface area contributed by atoms with E-state index < -0.39 is 5.97 Å². The van der Waals surface area contributed by atoms with Gasteiger partial charge in [-0.1, -0.05) is 12.1 Å². The summed E-state index contributed by atoms with van der Waals surface area (Å²) < 4.78 is 1.10. The summed E-state index contributed by atoms with van der Waals surface area (Å²) in [6, 6.07) is 12.7. The monoisotopic (exact) mass is 380 g/mol. The van der Waals surface area contributed by atoms with E-state index in [4.69, 9.17) is 5.11 Å². The normalized spacial score (nSPS) is 17.2. The van der Waals surface area contributed by atoms with E-state index in [2.05, 4.69) is 4.98 Å². The number of benzene rings is 2. The van der Waals surface area contributed by atoms with Crippen molar-refractivity contribution >= 4 is 33.4 Å². The summed E-state index contributed by atoms with van der Waals surface area (Å²) in [6.45, 7) is 3.37. The van der Waals surface area contributed by atoms with Crippen LogP contribution in [0.1, 0.15) is 50.0 Å². The van der Waals surface area contributed by atoms with Gasteiger partial charge in [0.2, 0.25) is 0 Å². The van der Waals surface area contributed by atoms with Gasteiger partial charge in [-0.05, 0) is 55.7 Å². The molecule has 138 valence electrons. The summed E-state index contributed by atoms with van der Waals surface area (Å²) in [5, 5.41) is 10.0. The van der Waals surface area contributed by atoms with Crippen LogP contribution >= 0.6 is 11.3 Å². The summed E-state index contributed by atoms with van der Waals surface area (Å²) in [4.78, 5) is 30.4. The smallest absolute Gasteiger partial charge is 0.335 e. The van der Waals surface area contributed by atoms with E-state index in [9.17, 15) is 9.59 Å². The van der Waals surface area contributed by atoms with Gasteiger partial charge in [0.25, 0.3) is 5.91 Å². The van der Waals surface area contributed by atoms with Gasteiger partial charge in [0.1, 0.15) is 0 Å². The Kier molecular flexibility index (Phi) is 4.66. The first-order chi connectivity index (χ1) is 13.0. The number of carboxylic acids is 1. The third-order valence-electron chi connectivity index (χ3n) is 5.08. The van der Waals surface area contributed by atoms with E-state index >= 15 is 0 Å². The zero-order valence-electron chi connectivity index (χ0n) is 15.0. The molecule has 0 spiro atoms. The maximum Gasteiger partial charge on any atom is 0.335 e. The Morgan fingerprint density at radius 2 is 1.89 bits per heavy atom. The number of aryl methyl sites for hydroxylation is 1. The van der Waals surface area contributed by atoms with Gasteiger partial charge in [0, 0.05) is 24.6 Å². The standard InChI is InChI=1S/C21H20N2O3S/c1-13-22-18-11-16(8-9-19(18)27-13)20(24)23-10-2-3-17(12-23)14-4-6-15(7-5-14)21(25)26/h4-9,11,17H,2-3,10,12H2,1H3,(H,25,26)/t17-/m0/s1. The van der Waals surface area contributed by atoms with E-state index in [1.807, 2.05) is 42.2 Å². The number of carboxylic acid groups (broad SMARTS) is 1. The number of carbonyl (C=O) groups excluding carboxylic acids is 1. The number of hydrogen-bond donors (Lipinski definition) is 1. The molecule has 1 aromatic heterocycles. The highest BCUT2D eigenvalue weighted by atomic mass is 32.1. The maximum atomic E-state index is 13.0. The predicted molar refractivity (Wildman–Crippen MR) is 106 cm³/mol. The number of rotatable bonds is 3. The van der Waals surface area contributed by atoms with Crippen molar-refractivity contribution < 1.29 is 14.7 Å². The van der Waals surface area contributed by atoms with E-state index in [0.717, 1.165) is 40.2 Å². The molecule has 0 aliphatic carbocycles. The van der Waals surface area contributed by atoms with Crippen LogP contribution in [0, 0.1) is 6.92 Å². The molecule has 0 saturated carbocycles. The summed E-state index contributed by atoms with van der Waals surface area (Å²) in [6.07, 6.45) is 1.94. The molecule has 0 unspecified atom stereocenters. The topological polar surface area (TPSA) is 70.5 Å². The molecule has 1 amide bonds. The number of piperidine rings is 1. The Morgan fingerprint density at radius 1 is 1.15 bits per heavy atom. The molecule has 1 N–H and O–H groups in total. The molecular formula is C21H20N2O3S. The zero-order chi connectivity index (χ0) is 19.0. The molecule has 5 nitrogen and oxygen atoms in total. The highest BCUT2D eigenvalue weighted by molar-refractivity contribution is 7.18. The number of aromatic carboxylic acids is 1. The van der Waals surface area contributed by atoms with Crippen molar-refractivity contribution in [2.24, 2.45) is 0 Å². The average molecular weight is 380 g/mol. The summed E-state index contributed by atoms with van der Waals surface area (Å²) in [5.41, 5.74) is 2.92. The lowest BCUT2D eigenvalue weighted by Crippen LogP contribution is -2.39. The van der Waals surface area contributed by atoms with Crippen molar-refractivity contribution in [1.82, 2.24) is 9.88 Å². The van der Waals surface area contributed by atoms with Crippen LogP contribution in [0.15, 0.2) is 42.5 Å². The molecule has 0 radical (unpaired) electrons. The van der Waals surface area contributed by atoms with Crippen LogP contribution in [0.4, 0.5) is 0 Å². The van der Waals surface area contributed by atoms with Gasteiger partial charge >= 0.3 is 5.97 Å². The predicted octanol–water partition coefficient (Wildman–Crippen LogP) is 4.32. The Morgan fingerprint density at radius 3 is 2.63 bits per heavy atom. The molecule has 6 heteroatoms. The second-order valence-corrected chi connectivity index (χ2v) is 8.17. The van der Waals surface area contributed by atoms with Crippen molar-refractivity contribution in [3.63, 3.8) is 0 Å². The summed E-state index contributed by atoms with van der Waals surface area (Å²) >= 11 is 1.63. The van der Waals surface area contributed by atoms with Gasteiger partial charge in [-0.3, -0.25) is 4.79 Å². The second-order valence-electron chi connectivity index (χ2n) is 6.93. The lowest BCUT2D eigenvalue weighted by Gasteiger charge is -2.33. The average Bonchev–Trinajstić information content (AvgIpc) is 3.06. The van der Waals surface area contributed by atoms with Crippen LogP contribution in [0.2, 0.25) is 0 Å². The first-order valence-corrected chi connectivity index (χ1v) is 9.82. The number of likely N-dealkylation sites (tertiary alicyclic amines) is 1. The molecular weight excluding hydrogens is 360 g/mol. The molecule has 1 fully saturated rings. The Hall–Kier alpha value is -2.73. The fourth-order valence-electron chi connectivity index (χ4n) is 3.69. The molecule has 2 heterocycles. The highest BCUT2D eigenvalue weighted by Crippen LogP contribution is 2.29. The molecule has 1 saturated heterocycles. The van der Waals surface area contributed by atoms with Crippen LogP contribution in [0.3, 0.4) is 0 Å². The quantitative estimate of drug-likeness (QED) is 0.734. The molecule has 3 aromatic rings. The van der Waals surface area contributed by atoms with Crippen LogP contribution in [0.5, 0.6) is 0 Å². The first kappa shape index (κ1) is 17.7. The number of aromatic nitrogens is 1. The van der Waals surface area contributed by atoms with Crippen molar-refractivity contribution in [3.8, 4) is 0 Å². The Balaban J connectivity index is 1.52.